The summed E-state index contributed by atoms with van der Waals surface area (Å²) in [6.45, 7) is 1.83. The minimum atomic E-state index is -0.441. The summed E-state index contributed by atoms with van der Waals surface area (Å²) >= 11 is 3.32. The van der Waals surface area contributed by atoms with Gasteiger partial charge in [0.05, 0.1) is 5.69 Å². The van der Waals surface area contributed by atoms with Crippen molar-refractivity contribution >= 4 is 33.6 Å². The minimum absolute atomic E-state index is 0.0232. The van der Waals surface area contributed by atoms with Crippen LogP contribution in [0.25, 0.3) is 0 Å². The Morgan fingerprint density at radius 3 is 2.82 bits per heavy atom. The Bertz CT molecular complexity index is 566. The van der Waals surface area contributed by atoms with Gasteiger partial charge < -0.3 is 11.1 Å². The molecule has 0 aromatic carbocycles. The van der Waals surface area contributed by atoms with E-state index >= 15 is 0 Å². The number of aromatic amines is 1. The highest BCUT2D eigenvalue weighted by molar-refractivity contribution is 9.10. The quantitative estimate of drug-likeness (QED) is 0.769. The number of nitrogen functional groups attached to an aromatic ring is 1. The first-order valence-electron chi connectivity index (χ1n) is 4.68. The molecule has 17 heavy (non-hydrogen) atoms. The maximum absolute atomic E-state index is 11.7. The van der Waals surface area contributed by atoms with Crippen LogP contribution in [0.15, 0.2) is 16.6 Å². The predicted molar refractivity (Wildman–Crippen MR) is 65.4 cm³/mol. The molecule has 0 radical (unpaired) electrons. The van der Waals surface area contributed by atoms with Crippen molar-refractivity contribution in [3.05, 3.63) is 28.1 Å². The van der Waals surface area contributed by atoms with Crippen LogP contribution >= 0.6 is 15.9 Å². The zero-order valence-corrected chi connectivity index (χ0v) is 10.4. The lowest BCUT2D eigenvalue weighted by Gasteiger charge is -2.03. The number of hydrogen-bond donors (Lipinski definition) is 3. The van der Waals surface area contributed by atoms with Crippen molar-refractivity contribution in [1.29, 1.82) is 0 Å². The Balaban J connectivity index is 2.15. The van der Waals surface area contributed by atoms with Crippen LogP contribution in [0, 0.1) is 6.92 Å². The number of rotatable bonds is 2. The number of amides is 1. The van der Waals surface area contributed by atoms with Crippen LogP contribution in [0.2, 0.25) is 0 Å². The number of carbonyl (C=O) groups is 1. The molecule has 88 valence electrons. The zero-order valence-electron chi connectivity index (χ0n) is 8.86. The van der Waals surface area contributed by atoms with Crippen LogP contribution in [0.3, 0.4) is 0 Å². The SMILES string of the molecule is Cc1nc(NC(=O)c2nc(N)n[nH]2)ccc1Br. The molecule has 0 saturated carbocycles. The fourth-order valence-electron chi connectivity index (χ4n) is 1.17. The van der Waals surface area contributed by atoms with E-state index in [1.165, 1.54) is 0 Å². The van der Waals surface area contributed by atoms with Gasteiger partial charge in [0.2, 0.25) is 11.8 Å². The first-order chi connectivity index (χ1) is 8.06. The van der Waals surface area contributed by atoms with Gasteiger partial charge in [-0.25, -0.2) is 4.98 Å². The van der Waals surface area contributed by atoms with E-state index in [2.05, 4.69) is 41.4 Å². The number of nitrogens with zero attached hydrogens (tertiary/aromatic N) is 3. The lowest BCUT2D eigenvalue weighted by Crippen LogP contribution is -2.15. The predicted octanol–water partition coefficient (Wildman–Crippen LogP) is 1.11. The van der Waals surface area contributed by atoms with E-state index in [1.807, 2.05) is 6.92 Å². The number of pyridine rings is 1. The third-order valence-corrected chi connectivity index (χ3v) is 2.82. The van der Waals surface area contributed by atoms with Gasteiger partial charge in [-0.15, -0.1) is 5.10 Å². The molecule has 1 amide bonds. The molecule has 4 N–H and O–H groups in total. The molecular weight excluding hydrogens is 288 g/mol. The Morgan fingerprint density at radius 1 is 1.47 bits per heavy atom. The summed E-state index contributed by atoms with van der Waals surface area (Å²) in [5.74, 6) is 0.0639. The zero-order chi connectivity index (χ0) is 12.4. The van der Waals surface area contributed by atoms with Crippen molar-refractivity contribution in [3.8, 4) is 0 Å². The summed E-state index contributed by atoms with van der Waals surface area (Å²) in [4.78, 5) is 19.6. The molecule has 7 nitrogen and oxygen atoms in total. The molecule has 2 rings (SSSR count). The number of aryl methyl sites for hydroxylation is 1. The third-order valence-electron chi connectivity index (χ3n) is 1.98. The number of hydrogen-bond acceptors (Lipinski definition) is 5. The van der Waals surface area contributed by atoms with Crippen molar-refractivity contribution in [2.24, 2.45) is 0 Å². The van der Waals surface area contributed by atoms with E-state index in [1.54, 1.807) is 12.1 Å². The molecule has 2 aromatic rings. The molecule has 0 aliphatic heterocycles. The van der Waals surface area contributed by atoms with E-state index in [-0.39, 0.29) is 11.8 Å². The maximum atomic E-state index is 11.7. The standard InChI is InChI=1S/C9H9BrN6O/c1-4-5(10)2-3-6(12-4)13-8(17)7-14-9(11)16-15-7/h2-3H,1H3,(H,12,13,17)(H3,11,14,15,16). The van der Waals surface area contributed by atoms with Gasteiger partial charge in [0.15, 0.2) is 0 Å². The highest BCUT2D eigenvalue weighted by atomic mass is 79.9. The Kier molecular flexibility index (Phi) is 3.05. The van der Waals surface area contributed by atoms with Gasteiger partial charge in [0, 0.05) is 4.47 Å². The van der Waals surface area contributed by atoms with Gasteiger partial charge in [-0.05, 0) is 35.0 Å². The van der Waals surface area contributed by atoms with Crippen molar-refractivity contribution in [3.63, 3.8) is 0 Å². The van der Waals surface area contributed by atoms with Crippen LogP contribution in [0.4, 0.5) is 11.8 Å². The monoisotopic (exact) mass is 296 g/mol. The number of carbonyl (C=O) groups excluding carboxylic acids is 1. The average molecular weight is 297 g/mol. The summed E-state index contributed by atoms with van der Waals surface area (Å²) in [5.41, 5.74) is 6.08. The van der Waals surface area contributed by atoms with E-state index in [0.29, 0.717) is 5.82 Å². The fraction of sp³-hybridized carbons (Fsp3) is 0.111. The van der Waals surface area contributed by atoms with Gasteiger partial charge >= 0.3 is 0 Å². The maximum Gasteiger partial charge on any atom is 0.294 e. The van der Waals surface area contributed by atoms with E-state index < -0.39 is 5.91 Å². The summed E-state index contributed by atoms with van der Waals surface area (Å²) in [6, 6.07) is 3.47. The molecule has 2 aromatic heterocycles. The molecule has 0 spiro atoms. The second-order valence-electron chi connectivity index (χ2n) is 3.26. The van der Waals surface area contributed by atoms with E-state index in [0.717, 1.165) is 10.2 Å². The van der Waals surface area contributed by atoms with Crippen LogP contribution in [-0.2, 0) is 0 Å². The molecule has 0 fully saturated rings. The molecule has 8 heteroatoms. The van der Waals surface area contributed by atoms with Gasteiger partial charge in [0.25, 0.3) is 5.91 Å². The molecule has 2 heterocycles. The van der Waals surface area contributed by atoms with Crippen LogP contribution in [0.5, 0.6) is 0 Å². The van der Waals surface area contributed by atoms with Crippen molar-refractivity contribution in [1.82, 2.24) is 20.2 Å². The molecule has 0 atom stereocenters. The lowest BCUT2D eigenvalue weighted by molar-refractivity contribution is 0.101. The first kappa shape index (κ1) is 11.5. The summed E-state index contributed by atoms with van der Waals surface area (Å²) < 4.78 is 0.874. The summed E-state index contributed by atoms with van der Waals surface area (Å²) in [5, 5.41) is 8.56. The number of anilines is 2. The van der Waals surface area contributed by atoms with Gasteiger partial charge in [0.1, 0.15) is 5.82 Å². The molecule has 0 aliphatic carbocycles. The largest absolute Gasteiger partial charge is 0.366 e. The van der Waals surface area contributed by atoms with Crippen molar-refractivity contribution < 1.29 is 4.79 Å². The summed E-state index contributed by atoms with van der Waals surface area (Å²) in [7, 11) is 0. The third kappa shape index (κ3) is 2.59. The molecule has 0 saturated heterocycles. The number of H-pyrrole nitrogens is 1. The van der Waals surface area contributed by atoms with E-state index in [9.17, 15) is 4.79 Å². The molecule has 0 unspecified atom stereocenters. The Hall–Kier alpha value is -1.96. The molecule has 0 bridgehead atoms. The minimum Gasteiger partial charge on any atom is -0.366 e. The topological polar surface area (TPSA) is 110 Å². The average Bonchev–Trinajstić information content (AvgIpc) is 2.70. The number of nitrogens with one attached hydrogen (secondary N) is 2. The van der Waals surface area contributed by atoms with Crippen LogP contribution in [0.1, 0.15) is 16.3 Å². The number of nitrogens with two attached hydrogens (primary N) is 1. The first-order valence-corrected chi connectivity index (χ1v) is 5.48. The van der Waals surface area contributed by atoms with Gasteiger partial charge in [-0.3, -0.25) is 9.89 Å². The number of halogens is 1. The summed E-state index contributed by atoms with van der Waals surface area (Å²) in [6.07, 6.45) is 0. The highest BCUT2D eigenvalue weighted by Crippen LogP contribution is 2.16. The Labute approximate surface area is 105 Å². The second kappa shape index (κ2) is 4.50. The van der Waals surface area contributed by atoms with Crippen LogP contribution < -0.4 is 11.1 Å². The highest BCUT2D eigenvalue weighted by Gasteiger charge is 2.11. The van der Waals surface area contributed by atoms with E-state index in [4.69, 9.17) is 5.73 Å². The Morgan fingerprint density at radius 2 is 2.24 bits per heavy atom. The van der Waals surface area contributed by atoms with Crippen molar-refractivity contribution in [2.75, 3.05) is 11.1 Å². The normalized spacial score (nSPS) is 10.2. The van der Waals surface area contributed by atoms with Gasteiger partial charge in [-0.2, -0.15) is 4.98 Å². The smallest absolute Gasteiger partial charge is 0.294 e. The second-order valence-corrected chi connectivity index (χ2v) is 4.11. The lowest BCUT2D eigenvalue weighted by atomic mass is 10.3. The van der Waals surface area contributed by atoms with Gasteiger partial charge in [-0.1, -0.05) is 0 Å². The molecular formula is C9H9BrN6O. The number of aromatic nitrogens is 4. The van der Waals surface area contributed by atoms with Crippen LogP contribution in [-0.4, -0.2) is 26.1 Å². The fourth-order valence-corrected chi connectivity index (χ4v) is 1.39. The molecule has 0 aliphatic rings. The van der Waals surface area contributed by atoms with Crippen molar-refractivity contribution in [2.45, 2.75) is 6.92 Å².